The van der Waals surface area contributed by atoms with Crippen LogP contribution in [0.25, 0.3) is 28.1 Å². The number of nitrogens with zero attached hydrogens (tertiary/aromatic N) is 3. The number of benzene rings is 7. The van der Waals surface area contributed by atoms with Crippen molar-refractivity contribution in [1.82, 2.24) is 14.8 Å². The van der Waals surface area contributed by atoms with Crippen LogP contribution in [0.3, 0.4) is 0 Å². The molecule has 0 fully saturated rings. The summed E-state index contributed by atoms with van der Waals surface area (Å²) in [5.41, 5.74) is 24.1. The summed E-state index contributed by atoms with van der Waals surface area (Å²) in [7, 11) is 0. The molecule has 5 nitrogen and oxygen atoms in total. The Bertz CT molecular complexity index is 3730. The lowest BCUT2D eigenvalue weighted by Gasteiger charge is -2.39. The quantitative estimate of drug-likeness (QED) is 0.151. The van der Waals surface area contributed by atoms with Crippen molar-refractivity contribution in [3.05, 3.63) is 248 Å². The molecule has 0 radical (unpaired) electrons. The summed E-state index contributed by atoms with van der Waals surface area (Å²) < 4.78 is 11.0. The van der Waals surface area contributed by atoms with Crippen LogP contribution >= 0.6 is 0 Å². The molecule has 0 spiro atoms. The number of hydrogen-bond donors (Lipinski definition) is 0. The molecule has 14 rings (SSSR count). The van der Waals surface area contributed by atoms with Gasteiger partial charge in [-0.25, -0.2) is 4.98 Å². The molecule has 0 atom stereocenters. The van der Waals surface area contributed by atoms with Crippen LogP contribution in [0.15, 0.2) is 179 Å². The fourth-order valence-corrected chi connectivity index (χ4v) is 12.6. The lowest BCUT2D eigenvalue weighted by Crippen LogP contribution is -2.44. The van der Waals surface area contributed by atoms with Gasteiger partial charge in [0.25, 0.3) is 0 Å². The van der Waals surface area contributed by atoms with Gasteiger partial charge in [0.1, 0.15) is 11.1 Å². The molecule has 496 valence electrons. The molecule has 3 aliphatic carbocycles. The third kappa shape index (κ3) is 20.4. The van der Waals surface area contributed by atoms with Crippen molar-refractivity contribution < 1.29 is 8.83 Å². The van der Waals surface area contributed by atoms with Gasteiger partial charge >= 0.3 is 0 Å². The summed E-state index contributed by atoms with van der Waals surface area (Å²) in [6, 6.07) is 56.5. The van der Waals surface area contributed by atoms with Gasteiger partial charge in [0, 0.05) is 48.1 Å². The second-order valence-corrected chi connectivity index (χ2v) is 34.0. The van der Waals surface area contributed by atoms with Gasteiger partial charge in [-0.1, -0.05) is 249 Å². The molecule has 0 saturated carbocycles. The maximum Gasteiger partial charge on any atom is 0.200 e. The Morgan fingerprint density at radius 3 is 1.40 bits per heavy atom. The summed E-state index contributed by atoms with van der Waals surface area (Å²) >= 11 is 0. The number of fused-ring (bicyclic) bond motifs is 7. The minimum absolute atomic E-state index is 0.0149. The van der Waals surface area contributed by atoms with E-state index in [9.17, 15) is 0 Å². The Kier molecular flexibility index (Phi) is 23.1. The number of para-hydroxylation sites is 2. The van der Waals surface area contributed by atoms with E-state index >= 15 is 0 Å². The highest BCUT2D eigenvalue weighted by molar-refractivity contribution is 5.78. The van der Waals surface area contributed by atoms with Gasteiger partial charge in [-0.3, -0.25) is 9.80 Å². The highest BCUT2D eigenvalue weighted by Gasteiger charge is 2.31. The zero-order valence-electron chi connectivity index (χ0n) is 61.5. The maximum absolute atomic E-state index is 5.62. The number of hydrogen-bond acceptors (Lipinski definition) is 5. The lowest BCUT2D eigenvalue weighted by atomic mass is 9.79. The van der Waals surface area contributed by atoms with Gasteiger partial charge in [-0.05, 0) is 217 Å². The van der Waals surface area contributed by atoms with Gasteiger partial charge in [0.05, 0.1) is 6.26 Å². The van der Waals surface area contributed by atoms with Gasteiger partial charge in [0.15, 0.2) is 5.58 Å². The average molecular weight is 1250 g/mol. The van der Waals surface area contributed by atoms with Crippen LogP contribution in [-0.4, -0.2) is 32.4 Å². The standard InChI is InChI=1S/C14H20.C13H19N.C13H16.C13H18.C12H17N.C12H14O.C11H13NO/c1-14(2,3)13-9-8-11-6-4-5-7-12(11)10-13;1-13(2,3)14-9-8-11-6-4-5-7-12(11)10-14;1-13(2,3)12-8-7-10-5-4-6-11(10)9-12;1-13(2,3)12-8-10-6-4-5-7-11(10)9-12;1-12(2,3)13-8-10-6-4-5-7-11(10)9-13;1-12(2,3)10-5-4-9-6-7-13-11(9)8-10;1-11(2,3)10-12-8-6-4-5-7-9(8)13-10/h8-10H,4-7H2,1-3H3;4-7H,8-10H2,1-3H3;4-5,7-9H,6H2,1-3H3;4-7,12H,8-9H2,1-3H3;4-7H,8-9H2,1-3H3;4-8H,1-3H3;4-7H,1-3H3. The smallest absolute Gasteiger partial charge is 0.200 e. The summed E-state index contributed by atoms with van der Waals surface area (Å²) in [5, 5.41) is 1.17. The highest BCUT2D eigenvalue weighted by Crippen LogP contribution is 2.39. The first-order valence-electron chi connectivity index (χ1n) is 35.0. The molecule has 0 unspecified atom stereocenters. The van der Waals surface area contributed by atoms with Crippen LogP contribution in [0, 0.1) is 11.3 Å². The normalized spacial score (nSPS) is 15.5. The number of allylic oxidation sites excluding steroid dienone is 1. The zero-order valence-corrected chi connectivity index (χ0v) is 61.5. The highest BCUT2D eigenvalue weighted by atomic mass is 16.3. The Hall–Kier alpha value is -6.79. The van der Waals surface area contributed by atoms with Crippen LogP contribution in [0.2, 0.25) is 0 Å². The molecule has 4 heterocycles. The van der Waals surface area contributed by atoms with Gasteiger partial charge in [-0.2, -0.15) is 0 Å². The molecule has 0 saturated heterocycles. The first kappa shape index (κ1) is 72.0. The summed E-state index contributed by atoms with van der Waals surface area (Å²) in [4.78, 5) is 9.48. The van der Waals surface area contributed by atoms with E-state index < -0.39 is 0 Å². The molecule has 0 bridgehead atoms. The van der Waals surface area contributed by atoms with E-state index in [1.807, 2.05) is 30.3 Å². The molecular formula is C88H117N3O2. The van der Waals surface area contributed by atoms with Crippen molar-refractivity contribution >= 4 is 28.1 Å². The molecule has 93 heavy (non-hydrogen) atoms. The van der Waals surface area contributed by atoms with Crippen LogP contribution in [-0.2, 0) is 79.8 Å². The molecule has 5 aliphatic rings. The second kappa shape index (κ2) is 29.9. The molecule has 9 aromatic rings. The van der Waals surface area contributed by atoms with Crippen LogP contribution in [0.5, 0.6) is 0 Å². The largest absolute Gasteiger partial charge is 0.464 e. The lowest BCUT2D eigenvalue weighted by molar-refractivity contribution is 0.121. The maximum atomic E-state index is 5.62. The molecule has 0 amide bonds. The second-order valence-electron chi connectivity index (χ2n) is 34.0. The summed E-state index contributed by atoms with van der Waals surface area (Å²) in [6.45, 7) is 51.8. The number of aryl methyl sites for hydroxylation is 2. The van der Waals surface area contributed by atoms with E-state index in [0.717, 1.165) is 54.5 Å². The predicted molar refractivity (Wildman–Crippen MR) is 400 cm³/mol. The molecular weight excluding hydrogens is 1130 g/mol. The van der Waals surface area contributed by atoms with Gasteiger partial charge < -0.3 is 8.83 Å². The Morgan fingerprint density at radius 1 is 0.398 bits per heavy atom. The van der Waals surface area contributed by atoms with Crippen molar-refractivity contribution in [3.8, 4) is 0 Å². The third-order valence-electron chi connectivity index (χ3n) is 19.3. The third-order valence-corrected chi connectivity index (χ3v) is 19.3. The minimum Gasteiger partial charge on any atom is -0.464 e. The van der Waals surface area contributed by atoms with Crippen LogP contribution < -0.4 is 0 Å². The summed E-state index contributed by atoms with van der Waals surface area (Å²) in [5.74, 6) is 1.64. The Labute approximate surface area is 563 Å². The fourth-order valence-electron chi connectivity index (χ4n) is 12.6. The summed E-state index contributed by atoms with van der Waals surface area (Å²) in [6.07, 6.45) is 16.4. The number of furan rings is 1. The Balaban J connectivity index is 0.000000139. The predicted octanol–water partition coefficient (Wildman–Crippen LogP) is 23.4. The number of oxazole rings is 1. The molecule has 2 aliphatic heterocycles. The average Bonchev–Trinajstić information content (AvgIpc) is 1.86. The molecule has 2 aromatic heterocycles. The van der Waals surface area contributed by atoms with Gasteiger partial charge in [-0.15, -0.1) is 0 Å². The van der Waals surface area contributed by atoms with Crippen LogP contribution in [0.4, 0.5) is 0 Å². The SMILES string of the molecule is CC(C)(C)C1Cc2ccccc2C1.CC(C)(C)N1CCc2ccccc2C1.CC(C)(C)N1Cc2ccccc2C1.CC(C)(C)c1ccc2c(c1)CC=C2.CC(C)(C)c1ccc2c(c1)CCCC2.CC(C)(C)c1ccc2ccoc2c1.CC(C)(C)c1nc2ccccc2o1. The van der Waals surface area contributed by atoms with Crippen molar-refractivity contribution in [2.24, 2.45) is 11.3 Å². The first-order chi connectivity index (χ1) is 43.5. The molecule has 0 N–H and O–H groups in total. The number of aromatic nitrogens is 1. The van der Waals surface area contributed by atoms with Crippen molar-refractivity contribution in [2.45, 2.75) is 249 Å². The van der Waals surface area contributed by atoms with Crippen LogP contribution in [0.1, 0.15) is 236 Å². The fraction of sp³-hybridized carbons (Fsp3) is 0.466. The van der Waals surface area contributed by atoms with E-state index in [0.29, 0.717) is 21.9 Å². The monoisotopic (exact) mass is 1250 g/mol. The van der Waals surface area contributed by atoms with E-state index in [1.54, 1.807) is 28.5 Å². The first-order valence-corrected chi connectivity index (χ1v) is 35.0. The zero-order chi connectivity index (χ0) is 67.7. The van der Waals surface area contributed by atoms with E-state index in [-0.39, 0.29) is 16.2 Å². The van der Waals surface area contributed by atoms with E-state index in [2.05, 4.69) is 300 Å². The van der Waals surface area contributed by atoms with E-state index in [1.165, 1.54) is 107 Å². The number of rotatable bonds is 0. The molecule has 7 aromatic carbocycles. The Morgan fingerprint density at radius 2 is 0.860 bits per heavy atom. The van der Waals surface area contributed by atoms with Crippen molar-refractivity contribution in [1.29, 1.82) is 0 Å². The van der Waals surface area contributed by atoms with Crippen molar-refractivity contribution in [2.75, 3.05) is 6.54 Å². The van der Waals surface area contributed by atoms with Crippen molar-refractivity contribution in [3.63, 3.8) is 0 Å². The molecule has 5 heteroatoms. The van der Waals surface area contributed by atoms with Gasteiger partial charge in [0.2, 0.25) is 5.89 Å². The topological polar surface area (TPSA) is 45.7 Å². The minimum atomic E-state index is -0.0149. The van der Waals surface area contributed by atoms with E-state index in [4.69, 9.17) is 8.83 Å².